The van der Waals surface area contributed by atoms with Crippen LogP contribution in [0.3, 0.4) is 0 Å². The Morgan fingerprint density at radius 3 is 2.24 bits per heavy atom. The third-order valence-electron chi connectivity index (χ3n) is 4.30. The van der Waals surface area contributed by atoms with Crippen molar-refractivity contribution in [2.45, 2.75) is 46.0 Å². The van der Waals surface area contributed by atoms with Crippen LogP contribution in [0.5, 0.6) is 0 Å². The van der Waals surface area contributed by atoms with Gasteiger partial charge in [0.15, 0.2) is 0 Å². The topological polar surface area (TPSA) is 89.9 Å². The Morgan fingerprint density at radius 2 is 1.67 bits per heavy atom. The predicted molar refractivity (Wildman–Crippen MR) is 131 cm³/mol. The first-order valence-corrected chi connectivity index (χ1v) is 10.9. The van der Waals surface area contributed by atoms with E-state index < -0.39 is 11.9 Å². The van der Waals surface area contributed by atoms with Gasteiger partial charge in [0.2, 0.25) is 0 Å². The molecule has 0 aliphatic rings. The number of benzene rings is 1. The van der Waals surface area contributed by atoms with E-state index in [2.05, 4.69) is 31.7 Å². The summed E-state index contributed by atoms with van der Waals surface area (Å²) in [5, 5.41) is 8.38. The van der Waals surface area contributed by atoms with Crippen LogP contribution in [0.25, 0.3) is 6.08 Å². The first kappa shape index (κ1) is 29.6. The Morgan fingerprint density at radius 1 is 1.00 bits per heavy atom. The zero-order valence-electron chi connectivity index (χ0n) is 19.9. The molecule has 0 aromatic heterocycles. The second kappa shape index (κ2) is 18.2. The molecule has 1 rings (SSSR count). The number of hydrogen-bond acceptors (Lipinski definition) is 5. The molecule has 0 spiro atoms. The number of ether oxygens (including phenoxy) is 2. The SMILES string of the molecule is C=C(C=CC(=O)O)C(=O)OCCCCCC(C)C.C=C(CC=Cc1ccccc1)C(=O)OC. The minimum atomic E-state index is -1.11. The summed E-state index contributed by atoms with van der Waals surface area (Å²) < 4.78 is 9.50. The van der Waals surface area contributed by atoms with Crippen molar-refractivity contribution in [2.75, 3.05) is 13.7 Å². The van der Waals surface area contributed by atoms with Crippen molar-refractivity contribution >= 4 is 24.0 Å². The van der Waals surface area contributed by atoms with Gasteiger partial charge in [-0.05, 0) is 30.4 Å². The number of carbonyl (C=O) groups is 3. The summed E-state index contributed by atoms with van der Waals surface area (Å²) in [6.45, 7) is 11.8. The average molecular weight is 457 g/mol. The minimum absolute atomic E-state index is 0.0552. The molecule has 33 heavy (non-hydrogen) atoms. The molecule has 0 saturated heterocycles. The van der Waals surface area contributed by atoms with Gasteiger partial charge in [-0.3, -0.25) is 0 Å². The third kappa shape index (κ3) is 16.9. The molecule has 0 unspecified atom stereocenters. The Balaban J connectivity index is 0.000000629. The fourth-order valence-corrected chi connectivity index (χ4v) is 2.46. The van der Waals surface area contributed by atoms with E-state index in [1.165, 1.54) is 13.5 Å². The van der Waals surface area contributed by atoms with Crippen LogP contribution in [0.4, 0.5) is 0 Å². The van der Waals surface area contributed by atoms with Crippen molar-refractivity contribution in [1.82, 2.24) is 0 Å². The second-order valence-corrected chi connectivity index (χ2v) is 7.69. The van der Waals surface area contributed by atoms with E-state index in [0.717, 1.165) is 37.0 Å². The van der Waals surface area contributed by atoms with Crippen LogP contribution in [0.1, 0.15) is 51.5 Å². The van der Waals surface area contributed by atoms with E-state index in [9.17, 15) is 14.4 Å². The largest absolute Gasteiger partial charge is 0.478 e. The summed E-state index contributed by atoms with van der Waals surface area (Å²) in [5.41, 5.74) is 1.62. The molecule has 0 radical (unpaired) electrons. The Bertz CT molecular complexity index is 818. The smallest absolute Gasteiger partial charge is 0.337 e. The van der Waals surface area contributed by atoms with Crippen LogP contribution < -0.4 is 0 Å². The molecule has 1 aromatic carbocycles. The number of carboxylic acid groups (broad SMARTS) is 1. The van der Waals surface area contributed by atoms with Crippen molar-refractivity contribution in [3.05, 3.63) is 78.4 Å². The fourth-order valence-electron chi connectivity index (χ4n) is 2.46. The molecule has 0 fully saturated rings. The molecule has 0 amide bonds. The van der Waals surface area contributed by atoms with Gasteiger partial charge in [-0.15, -0.1) is 0 Å². The molecule has 1 aromatic rings. The normalized spacial score (nSPS) is 10.5. The average Bonchev–Trinajstić information content (AvgIpc) is 2.79. The molecule has 180 valence electrons. The van der Waals surface area contributed by atoms with Crippen molar-refractivity contribution in [3.63, 3.8) is 0 Å². The van der Waals surface area contributed by atoms with Crippen LogP contribution in [-0.4, -0.2) is 36.7 Å². The summed E-state index contributed by atoms with van der Waals surface area (Å²) >= 11 is 0. The van der Waals surface area contributed by atoms with Gasteiger partial charge in [0.05, 0.1) is 19.3 Å². The van der Waals surface area contributed by atoms with Gasteiger partial charge in [0, 0.05) is 11.6 Å². The third-order valence-corrected chi connectivity index (χ3v) is 4.30. The lowest BCUT2D eigenvalue weighted by Crippen LogP contribution is -2.07. The number of carbonyl (C=O) groups excluding carboxylic acids is 2. The Labute approximate surface area is 197 Å². The highest BCUT2D eigenvalue weighted by atomic mass is 16.5. The van der Waals surface area contributed by atoms with Crippen molar-refractivity contribution in [2.24, 2.45) is 5.92 Å². The fraction of sp³-hybridized carbons (Fsp3) is 0.370. The molecule has 6 nitrogen and oxygen atoms in total. The number of unbranched alkanes of at least 4 members (excludes halogenated alkanes) is 2. The quantitative estimate of drug-likeness (QED) is 0.176. The van der Waals surface area contributed by atoms with Crippen LogP contribution in [0.2, 0.25) is 0 Å². The zero-order chi connectivity index (χ0) is 25.1. The number of esters is 2. The highest BCUT2D eigenvalue weighted by Gasteiger charge is 2.05. The van der Waals surface area contributed by atoms with Crippen LogP contribution in [-0.2, 0) is 23.9 Å². The maximum absolute atomic E-state index is 11.3. The van der Waals surface area contributed by atoms with Gasteiger partial charge >= 0.3 is 17.9 Å². The monoisotopic (exact) mass is 456 g/mol. The number of carboxylic acids is 1. The lowest BCUT2D eigenvalue weighted by Gasteiger charge is -2.05. The Kier molecular flexibility index (Phi) is 16.3. The summed E-state index contributed by atoms with van der Waals surface area (Å²) in [5.74, 6) is -1.32. The predicted octanol–water partition coefficient (Wildman–Crippen LogP) is 5.76. The Hall–Kier alpha value is -3.41. The van der Waals surface area contributed by atoms with Crippen LogP contribution in [0.15, 0.2) is 72.9 Å². The van der Waals surface area contributed by atoms with Gasteiger partial charge in [0.25, 0.3) is 0 Å². The number of allylic oxidation sites excluding steroid dienone is 1. The second-order valence-electron chi connectivity index (χ2n) is 7.69. The first-order valence-electron chi connectivity index (χ1n) is 10.9. The van der Waals surface area contributed by atoms with Gasteiger partial charge in [-0.1, -0.05) is 88.8 Å². The maximum atomic E-state index is 11.3. The number of rotatable bonds is 13. The van der Waals surface area contributed by atoms with Gasteiger partial charge < -0.3 is 14.6 Å². The van der Waals surface area contributed by atoms with E-state index >= 15 is 0 Å². The maximum Gasteiger partial charge on any atom is 0.337 e. The number of hydrogen-bond donors (Lipinski definition) is 1. The summed E-state index contributed by atoms with van der Waals surface area (Å²) in [6.07, 6.45) is 10.5. The van der Waals surface area contributed by atoms with E-state index in [1.54, 1.807) is 0 Å². The molecule has 0 saturated carbocycles. The van der Waals surface area contributed by atoms with Crippen molar-refractivity contribution < 1.29 is 29.0 Å². The highest BCUT2D eigenvalue weighted by molar-refractivity contribution is 5.93. The molecular weight excluding hydrogens is 420 g/mol. The molecule has 1 N–H and O–H groups in total. The number of methoxy groups -OCH3 is 1. The molecule has 0 atom stereocenters. The van der Waals surface area contributed by atoms with Gasteiger partial charge in [-0.25, -0.2) is 14.4 Å². The summed E-state index contributed by atoms with van der Waals surface area (Å²) in [7, 11) is 1.36. The lowest BCUT2D eigenvalue weighted by atomic mass is 10.1. The molecule has 0 aliphatic heterocycles. The van der Waals surface area contributed by atoms with E-state index in [4.69, 9.17) is 9.84 Å². The molecule has 0 heterocycles. The van der Waals surface area contributed by atoms with E-state index in [-0.39, 0.29) is 11.5 Å². The van der Waals surface area contributed by atoms with E-state index in [1.807, 2.05) is 42.5 Å². The molecule has 0 bridgehead atoms. The number of aliphatic carboxylic acids is 1. The van der Waals surface area contributed by atoms with E-state index in [0.29, 0.717) is 24.5 Å². The standard InChI is InChI=1S/C14H22O4.C13H14O2/c1-11(2)7-5-4-6-10-18-14(17)12(3)8-9-13(15)16;1-11(13(14)15-2)7-6-10-12-8-4-3-5-9-12/h8-9,11H,3-7,10H2,1-2H3,(H,15,16);3-6,8-10H,1,7H2,2H3. The van der Waals surface area contributed by atoms with Crippen molar-refractivity contribution in [3.8, 4) is 0 Å². The van der Waals surface area contributed by atoms with Crippen LogP contribution in [0, 0.1) is 5.92 Å². The summed E-state index contributed by atoms with van der Waals surface area (Å²) in [6, 6.07) is 9.89. The first-order chi connectivity index (χ1) is 15.7. The highest BCUT2D eigenvalue weighted by Crippen LogP contribution is 2.09. The lowest BCUT2D eigenvalue weighted by molar-refractivity contribution is -0.139. The van der Waals surface area contributed by atoms with Gasteiger partial charge in [0.1, 0.15) is 0 Å². The van der Waals surface area contributed by atoms with Crippen LogP contribution >= 0.6 is 0 Å². The minimum Gasteiger partial charge on any atom is -0.478 e. The van der Waals surface area contributed by atoms with Gasteiger partial charge in [-0.2, -0.15) is 0 Å². The van der Waals surface area contributed by atoms with Crippen molar-refractivity contribution in [1.29, 1.82) is 0 Å². The molecular formula is C27H36O6. The summed E-state index contributed by atoms with van der Waals surface area (Å²) in [4.78, 5) is 32.6. The molecule has 6 heteroatoms. The molecule has 0 aliphatic carbocycles. The zero-order valence-corrected chi connectivity index (χ0v) is 19.9.